The van der Waals surface area contributed by atoms with Gasteiger partial charge in [-0.05, 0) is 31.5 Å². The van der Waals surface area contributed by atoms with Crippen molar-refractivity contribution in [2.75, 3.05) is 5.32 Å². The number of aromatic nitrogens is 3. The molecule has 2 heterocycles. The monoisotopic (exact) mass is 324 g/mol. The van der Waals surface area contributed by atoms with E-state index in [0.717, 1.165) is 11.3 Å². The van der Waals surface area contributed by atoms with Gasteiger partial charge in [0.1, 0.15) is 6.54 Å². The van der Waals surface area contributed by atoms with E-state index in [2.05, 4.69) is 15.5 Å². The number of carbonyl (C=O) groups is 1. The van der Waals surface area contributed by atoms with Crippen LogP contribution in [0.15, 0.2) is 51.9 Å². The summed E-state index contributed by atoms with van der Waals surface area (Å²) in [5, 5.41) is 6.52. The summed E-state index contributed by atoms with van der Waals surface area (Å²) < 4.78 is 6.39. The summed E-state index contributed by atoms with van der Waals surface area (Å²) in [5.74, 6) is 0.519. The molecule has 0 bridgehead atoms. The predicted molar refractivity (Wildman–Crippen MR) is 88.5 cm³/mol. The van der Waals surface area contributed by atoms with E-state index in [1.54, 1.807) is 13.0 Å². The van der Waals surface area contributed by atoms with Gasteiger partial charge in [0.25, 0.3) is 11.4 Å². The van der Waals surface area contributed by atoms with Gasteiger partial charge >= 0.3 is 0 Å². The summed E-state index contributed by atoms with van der Waals surface area (Å²) in [6, 6.07) is 10.4. The van der Waals surface area contributed by atoms with Crippen molar-refractivity contribution in [3.05, 3.63) is 64.3 Å². The highest BCUT2D eigenvalue weighted by Gasteiger charge is 2.11. The molecule has 1 N–H and O–H groups in total. The number of hydrogen-bond acceptors (Lipinski definition) is 5. The summed E-state index contributed by atoms with van der Waals surface area (Å²) >= 11 is 0. The molecule has 0 spiro atoms. The lowest BCUT2D eigenvalue weighted by Crippen LogP contribution is -2.27. The Balaban J connectivity index is 1.80. The molecule has 122 valence electrons. The van der Waals surface area contributed by atoms with Gasteiger partial charge in [0.05, 0.1) is 5.56 Å². The second-order valence-electron chi connectivity index (χ2n) is 5.39. The number of carbonyl (C=O) groups excluding carboxylic acids is 1. The zero-order chi connectivity index (χ0) is 17.1. The SMILES string of the molecule is Cc1noc(-c2ccc(=O)n(CC(=O)Nc3ccccc3C)c2)n1. The molecular weight excluding hydrogens is 308 g/mol. The molecule has 0 radical (unpaired) electrons. The Bertz CT molecular complexity index is 943. The van der Waals surface area contributed by atoms with Crippen LogP contribution in [0.4, 0.5) is 5.69 Å². The van der Waals surface area contributed by atoms with Crippen molar-refractivity contribution in [1.29, 1.82) is 0 Å². The van der Waals surface area contributed by atoms with E-state index in [4.69, 9.17) is 4.52 Å². The van der Waals surface area contributed by atoms with Gasteiger partial charge in [-0.2, -0.15) is 4.98 Å². The fourth-order valence-corrected chi connectivity index (χ4v) is 2.25. The maximum Gasteiger partial charge on any atom is 0.259 e. The van der Waals surface area contributed by atoms with E-state index in [9.17, 15) is 9.59 Å². The van der Waals surface area contributed by atoms with Crippen LogP contribution in [-0.2, 0) is 11.3 Å². The first kappa shape index (κ1) is 15.7. The van der Waals surface area contributed by atoms with Gasteiger partial charge in [0.2, 0.25) is 5.91 Å². The Morgan fingerprint density at radius 2 is 2.00 bits per heavy atom. The van der Waals surface area contributed by atoms with Crippen LogP contribution >= 0.6 is 0 Å². The Labute approximate surface area is 137 Å². The highest BCUT2D eigenvalue weighted by atomic mass is 16.5. The number of para-hydroxylation sites is 1. The van der Waals surface area contributed by atoms with E-state index in [0.29, 0.717) is 17.3 Å². The zero-order valence-corrected chi connectivity index (χ0v) is 13.3. The molecule has 0 aliphatic rings. The van der Waals surface area contributed by atoms with Crippen molar-refractivity contribution in [3.63, 3.8) is 0 Å². The second-order valence-corrected chi connectivity index (χ2v) is 5.39. The molecule has 1 aromatic carbocycles. The van der Waals surface area contributed by atoms with E-state index in [1.165, 1.54) is 16.8 Å². The van der Waals surface area contributed by atoms with Crippen molar-refractivity contribution in [3.8, 4) is 11.5 Å². The molecule has 0 saturated heterocycles. The van der Waals surface area contributed by atoms with Gasteiger partial charge in [-0.1, -0.05) is 23.4 Å². The van der Waals surface area contributed by atoms with Crippen LogP contribution in [0, 0.1) is 13.8 Å². The van der Waals surface area contributed by atoms with Gasteiger partial charge < -0.3 is 14.4 Å². The molecule has 1 amide bonds. The van der Waals surface area contributed by atoms with Gasteiger partial charge in [-0.25, -0.2) is 0 Å². The second kappa shape index (κ2) is 6.49. The van der Waals surface area contributed by atoms with Gasteiger partial charge in [-0.3, -0.25) is 9.59 Å². The molecule has 0 fully saturated rings. The predicted octanol–water partition coefficient (Wildman–Crippen LogP) is 2.15. The summed E-state index contributed by atoms with van der Waals surface area (Å²) in [7, 11) is 0. The lowest BCUT2D eigenvalue weighted by Gasteiger charge is -2.10. The van der Waals surface area contributed by atoms with Crippen molar-refractivity contribution in [2.24, 2.45) is 0 Å². The van der Waals surface area contributed by atoms with Crippen molar-refractivity contribution in [1.82, 2.24) is 14.7 Å². The highest BCUT2D eigenvalue weighted by Crippen LogP contribution is 2.15. The molecule has 2 aromatic heterocycles. The molecule has 0 saturated carbocycles. The first-order chi connectivity index (χ1) is 11.5. The molecular formula is C17H16N4O3. The molecule has 0 aliphatic heterocycles. The fraction of sp³-hybridized carbons (Fsp3) is 0.176. The Kier molecular flexibility index (Phi) is 4.24. The largest absolute Gasteiger partial charge is 0.334 e. The van der Waals surface area contributed by atoms with Gasteiger partial charge in [0.15, 0.2) is 5.82 Å². The number of anilines is 1. The van der Waals surface area contributed by atoms with Crippen molar-refractivity contribution in [2.45, 2.75) is 20.4 Å². The first-order valence-corrected chi connectivity index (χ1v) is 7.39. The van der Waals surface area contributed by atoms with Crippen LogP contribution in [-0.4, -0.2) is 20.6 Å². The number of nitrogens with zero attached hydrogens (tertiary/aromatic N) is 3. The lowest BCUT2D eigenvalue weighted by atomic mass is 10.2. The summed E-state index contributed by atoms with van der Waals surface area (Å²) in [4.78, 5) is 28.3. The van der Waals surface area contributed by atoms with Crippen LogP contribution in [0.3, 0.4) is 0 Å². The van der Waals surface area contributed by atoms with Crippen LogP contribution in [0.1, 0.15) is 11.4 Å². The number of rotatable bonds is 4. The number of nitrogens with one attached hydrogen (secondary N) is 1. The van der Waals surface area contributed by atoms with E-state index in [-0.39, 0.29) is 18.0 Å². The minimum absolute atomic E-state index is 0.103. The topological polar surface area (TPSA) is 90.0 Å². The summed E-state index contributed by atoms with van der Waals surface area (Å²) in [6.45, 7) is 3.51. The van der Waals surface area contributed by atoms with Crippen molar-refractivity contribution >= 4 is 11.6 Å². The average Bonchev–Trinajstić information content (AvgIpc) is 2.98. The Morgan fingerprint density at radius 3 is 2.71 bits per heavy atom. The van der Waals surface area contributed by atoms with Gasteiger partial charge in [-0.15, -0.1) is 0 Å². The minimum atomic E-state index is -0.287. The molecule has 0 aliphatic carbocycles. The fourth-order valence-electron chi connectivity index (χ4n) is 2.25. The molecule has 3 aromatic rings. The third-order valence-electron chi connectivity index (χ3n) is 3.49. The van der Waals surface area contributed by atoms with Crippen LogP contribution < -0.4 is 10.9 Å². The standard InChI is InChI=1S/C17H16N4O3/c1-11-5-3-4-6-14(11)19-15(22)10-21-9-13(7-8-16(21)23)17-18-12(2)20-24-17/h3-9H,10H2,1-2H3,(H,19,22). The van der Waals surface area contributed by atoms with Crippen LogP contribution in [0.2, 0.25) is 0 Å². The first-order valence-electron chi connectivity index (χ1n) is 7.39. The maximum absolute atomic E-state index is 12.2. The average molecular weight is 324 g/mol. The zero-order valence-electron chi connectivity index (χ0n) is 13.3. The lowest BCUT2D eigenvalue weighted by molar-refractivity contribution is -0.116. The summed E-state index contributed by atoms with van der Waals surface area (Å²) in [6.07, 6.45) is 1.53. The van der Waals surface area contributed by atoms with Crippen LogP contribution in [0.25, 0.3) is 11.5 Å². The molecule has 7 heteroatoms. The molecule has 0 unspecified atom stereocenters. The number of aryl methyl sites for hydroxylation is 2. The molecule has 3 rings (SSSR count). The van der Waals surface area contributed by atoms with E-state index < -0.39 is 0 Å². The van der Waals surface area contributed by atoms with E-state index >= 15 is 0 Å². The molecule has 7 nitrogen and oxygen atoms in total. The molecule has 24 heavy (non-hydrogen) atoms. The minimum Gasteiger partial charge on any atom is -0.334 e. The third-order valence-corrected chi connectivity index (χ3v) is 3.49. The number of benzene rings is 1. The van der Waals surface area contributed by atoms with Crippen LogP contribution in [0.5, 0.6) is 0 Å². The third kappa shape index (κ3) is 3.40. The number of hydrogen-bond donors (Lipinski definition) is 1. The highest BCUT2D eigenvalue weighted by molar-refractivity contribution is 5.91. The Hall–Kier alpha value is -3.22. The Morgan fingerprint density at radius 1 is 1.21 bits per heavy atom. The van der Waals surface area contributed by atoms with Gasteiger partial charge in [0, 0.05) is 18.0 Å². The summed E-state index contributed by atoms with van der Waals surface area (Å²) in [5.41, 5.74) is 1.97. The number of amides is 1. The van der Waals surface area contributed by atoms with Crippen molar-refractivity contribution < 1.29 is 9.32 Å². The quantitative estimate of drug-likeness (QED) is 0.794. The number of pyridine rings is 1. The molecule has 0 atom stereocenters. The maximum atomic E-state index is 12.2. The normalized spacial score (nSPS) is 10.6. The smallest absolute Gasteiger partial charge is 0.259 e. The van der Waals surface area contributed by atoms with E-state index in [1.807, 2.05) is 31.2 Å².